The fourth-order valence-electron chi connectivity index (χ4n) is 2.03. The van der Waals surface area contributed by atoms with Crippen molar-refractivity contribution in [2.45, 2.75) is 20.4 Å². The van der Waals surface area contributed by atoms with E-state index in [1.165, 1.54) is 12.1 Å². The largest absolute Gasteiger partial charge is 0.439 e. The Bertz CT molecular complexity index is 643. The summed E-state index contributed by atoms with van der Waals surface area (Å²) in [5, 5.41) is 2.83. The fourth-order valence-corrected chi connectivity index (χ4v) is 2.03. The summed E-state index contributed by atoms with van der Waals surface area (Å²) in [5.74, 6) is 0.396. The Morgan fingerprint density at radius 1 is 1.26 bits per heavy atom. The third-order valence-electron chi connectivity index (χ3n) is 3.31. The average Bonchev–Trinajstić information content (AvgIpc) is 2.55. The van der Waals surface area contributed by atoms with Gasteiger partial charge < -0.3 is 15.0 Å². The minimum absolute atomic E-state index is 0.102. The van der Waals surface area contributed by atoms with Gasteiger partial charge in [-0.1, -0.05) is 12.1 Å². The molecule has 1 heterocycles. The Morgan fingerprint density at radius 2 is 2.04 bits per heavy atom. The number of urea groups is 1. The fraction of sp³-hybridized carbons (Fsp3) is 0.294. The number of ether oxygens (including phenoxy) is 1. The smallest absolute Gasteiger partial charge is 0.317 e. The highest BCUT2D eigenvalue weighted by Crippen LogP contribution is 2.19. The van der Waals surface area contributed by atoms with Gasteiger partial charge in [0.25, 0.3) is 0 Å². The van der Waals surface area contributed by atoms with Gasteiger partial charge in [-0.25, -0.2) is 14.2 Å². The second-order valence-corrected chi connectivity index (χ2v) is 4.90. The summed E-state index contributed by atoms with van der Waals surface area (Å²) in [6.45, 7) is 5.59. The van der Waals surface area contributed by atoms with Gasteiger partial charge in [-0.05, 0) is 31.5 Å². The van der Waals surface area contributed by atoms with E-state index in [1.807, 2.05) is 19.9 Å². The van der Waals surface area contributed by atoms with Crippen molar-refractivity contribution in [2.24, 2.45) is 0 Å². The molecule has 5 nitrogen and oxygen atoms in total. The summed E-state index contributed by atoms with van der Waals surface area (Å²) in [6.07, 6.45) is 1.62. The van der Waals surface area contributed by atoms with E-state index < -0.39 is 0 Å². The first kappa shape index (κ1) is 16.7. The lowest BCUT2D eigenvalue weighted by Gasteiger charge is -2.19. The van der Waals surface area contributed by atoms with E-state index in [4.69, 9.17) is 4.74 Å². The molecule has 0 saturated carbocycles. The molecule has 0 atom stereocenters. The number of halogens is 1. The van der Waals surface area contributed by atoms with Crippen molar-refractivity contribution in [1.82, 2.24) is 15.2 Å². The van der Waals surface area contributed by atoms with Gasteiger partial charge >= 0.3 is 6.03 Å². The Balaban J connectivity index is 1.91. The molecule has 1 aromatic carbocycles. The molecule has 6 heteroatoms. The number of amides is 2. The molecule has 0 aliphatic heterocycles. The van der Waals surface area contributed by atoms with Gasteiger partial charge in [-0.3, -0.25) is 0 Å². The highest BCUT2D eigenvalue weighted by Gasteiger charge is 2.08. The molecule has 0 aliphatic carbocycles. The number of nitrogens with zero attached hydrogens (tertiary/aromatic N) is 2. The first-order valence-corrected chi connectivity index (χ1v) is 7.53. The molecule has 0 fully saturated rings. The molecule has 0 spiro atoms. The van der Waals surface area contributed by atoms with Crippen LogP contribution in [0.1, 0.15) is 19.4 Å². The van der Waals surface area contributed by atoms with Crippen LogP contribution in [0, 0.1) is 5.82 Å². The zero-order valence-corrected chi connectivity index (χ0v) is 13.3. The summed E-state index contributed by atoms with van der Waals surface area (Å²) in [5.41, 5.74) is 0.858. The maximum Gasteiger partial charge on any atom is 0.317 e. The van der Waals surface area contributed by atoms with E-state index in [2.05, 4.69) is 10.3 Å². The van der Waals surface area contributed by atoms with Crippen LogP contribution in [0.3, 0.4) is 0 Å². The zero-order chi connectivity index (χ0) is 16.7. The SMILES string of the molecule is CCN(CC)C(=O)NCc1ccc(Oc2cccc(F)c2)nc1. The summed E-state index contributed by atoms with van der Waals surface area (Å²) in [7, 11) is 0. The van der Waals surface area contributed by atoms with Crippen LogP contribution in [-0.2, 0) is 6.54 Å². The molecule has 1 aromatic heterocycles. The predicted molar refractivity (Wildman–Crippen MR) is 85.9 cm³/mol. The molecule has 2 rings (SSSR count). The zero-order valence-electron chi connectivity index (χ0n) is 13.3. The minimum atomic E-state index is -0.363. The van der Waals surface area contributed by atoms with Gasteiger partial charge in [0.2, 0.25) is 5.88 Å². The number of aromatic nitrogens is 1. The summed E-state index contributed by atoms with van der Waals surface area (Å²) >= 11 is 0. The van der Waals surface area contributed by atoms with Crippen LogP contribution in [0.4, 0.5) is 9.18 Å². The molecule has 1 N–H and O–H groups in total. The topological polar surface area (TPSA) is 54.5 Å². The second kappa shape index (κ2) is 8.12. The van der Waals surface area contributed by atoms with Gasteiger partial charge in [0, 0.05) is 38.0 Å². The number of hydrogen-bond donors (Lipinski definition) is 1. The number of pyridine rings is 1. The Morgan fingerprint density at radius 3 is 2.65 bits per heavy atom. The standard InChI is InChI=1S/C17H20FN3O2/c1-3-21(4-2)17(22)20-12-13-8-9-16(19-11-13)23-15-7-5-6-14(18)10-15/h5-11H,3-4,12H2,1-2H3,(H,20,22). The van der Waals surface area contributed by atoms with E-state index in [0.717, 1.165) is 5.56 Å². The third kappa shape index (κ3) is 4.95. The lowest BCUT2D eigenvalue weighted by atomic mass is 10.3. The number of carbonyl (C=O) groups excluding carboxylic acids is 1. The number of carbonyl (C=O) groups is 1. The van der Waals surface area contributed by atoms with Gasteiger partial charge in [0.05, 0.1) is 0 Å². The summed E-state index contributed by atoms with van der Waals surface area (Å²) < 4.78 is 18.6. The van der Waals surface area contributed by atoms with Crippen LogP contribution >= 0.6 is 0 Å². The monoisotopic (exact) mass is 317 g/mol. The first-order valence-electron chi connectivity index (χ1n) is 7.53. The van der Waals surface area contributed by atoms with E-state index in [-0.39, 0.29) is 11.8 Å². The van der Waals surface area contributed by atoms with E-state index >= 15 is 0 Å². The van der Waals surface area contributed by atoms with Crippen LogP contribution in [0.2, 0.25) is 0 Å². The number of nitrogens with one attached hydrogen (secondary N) is 1. The molecule has 0 bridgehead atoms. The van der Waals surface area contributed by atoms with Gasteiger partial charge in [-0.15, -0.1) is 0 Å². The predicted octanol–water partition coefficient (Wildman–Crippen LogP) is 3.56. The van der Waals surface area contributed by atoms with E-state index in [9.17, 15) is 9.18 Å². The Labute approximate surface area is 135 Å². The Hall–Kier alpha value is -2.63. The highest BCUT2D eigenvalue weighted by atomic mass is 19.1. The van der Waals surface area contributed by atoms with Gasteiger partial charge in [0.1, 0.15) is 11.6 Å². The van der Waals surface area contributed by atoms with Crippen molar-refractivity contribution in [1.29, 1.82) is 0 Å². The van der Waals surface area contributed by atoms with Crippen LogP contribution in [-0.4, -0.2) is 29.0 Å². The lowest BCUT2D eigenvalue weighted by Crippen LogP contribution is -2.39. The van der Waals surface area contributed by atoms with Crippen LogP contribution in [0.5, 0.6) is 11.6 Å². The normalized spacial score (nSPS) is 10.2. The maximum absolute atomic E-state index is 13.1. The lowest BCUT2D eigenvalue weighted by molar-refractivity contribution is 0.203. The third-order valence-corrected chi connectivity index (χ3v) is 3.31. The molecular formula is C17H20FN3O2. The summed E-state index contributed by atoms with van der Waals surface area (Å²) in [4.78, 5) is 17.7. The summed E-state index contributed by atoms with van der Waals surface area (Å²) in [6, 6.07) is 9.26. The van der Waals surface area contributed by atoms with Crippen molar-refractivity contribution >= 4 is 6.03 Å². The van der Waals surface area contributed by atoms with Crippen molar-refractivity contribution in [3.05, 3.63) is 54.0 Å². The van der Waals surface area contributed by atoms with Crippen molar-refractivity contribution in [3.8, 4) is 11.6 Å². The Kier molecular flexibility index (Phi) is 5.91. The number of rotatable bonds is 6. The maximum atomic E-state index is 13.1. The van der Waals surface area contributed by atoms with E-state index in [0.29, 0.717) is 31.3 Å². The molecule has 122 valence electrons. The first-order chi connectivity index (χ1) is 11.1. The van der Waals surface area contributed by atoms with Crippen LogP contribution in [0.15, 0.2) is 42.6 Å². The molecular weight excluding hydrogens is 297 g/mol. The molecule has 0 unspecified atom stereocenters. The molecule has 0 aliphatic rings. The highest BCUT2D eigenvalue weighted by molar-refractivity contribution is 5.74. The van der Waals surface area contributed by atoms with Crippen molar-refractivity contribution in [2.75, 3.05) is 13.1 Å². The number of hydrogen-bond acceptors (Lipinski definition) is 3. The van der Waals surface area contributed by atoms with Gasteiger partial charge in [0.15, 0.2) is 0 Å². The molecule has 0 saturated heterocycles. The van der Waals surface area contributed by atoms with E-state index in [1.54, 1.807) is 29.3 Å². The molecule has 0 radical (unpaired) electrons. The van der Waals surface area contributed by atoms with Gasteiger partial charge in [-0.2, -0.15) is 0 Å². The quantitative estimate of drug-likeness (QED) is 0.886. The molecule has 2 amide bonds. The average molecular weight is 317 g/mol. The van der Waals surface area contributed by atoms with Crippen molar-refractivity contribution in [3.63, 3.8) is 0 Å². The molecule has 23 heavy (non-hydrogen) atoms. The number of benzene rings is 1. The minimum Gasteiger partial charge on any atom is -0.439 e. The van der Waals surface area contributed by atoms with Crippen LogP contribution < -0.4 is 10.1 Å². The van der Waals surface area contributed by atoms with Crippen molar-refractivity contribution < 1.29 is 13.9 Å². The molecule has 2 aromatic rings. The second-order valence-electron chi connectivity index (χ2n) is 4.90. The van der Waals surface area contributed by atoms with Crippen LogP contribution in [0.25, 0.3) is 0 Å².